The minimum Gasteiger partial charge on any atom is -0.341 e. The minimum atomic E-state index is -3.26. The molecule has 1 fully saturated rings. The van der Waals surface area contributed by atoms with Gasteiger partial charge in [-0.05, 0) is 36.7 Å². The Morgan fingerprint density at radius 1 is 1.07 bits per heavy atom. The molecule has 28 heavy (non-hydrogen) atoms. The van der Waals surface area contributed by atoms with Crippen molar-refractivity contribution in [1.82, 2.24) is 14.8 Å². The van der Waals surface area contributed by atoms with Gasteiger partial charge in [0.15, 0.2) is 15.7 Å². The summed E-state index contributed by atoms with van der Waals surface area (Å²) in [5.41, 5.74) is 1.44. The van der Waals surface area contributed by atoms with Crippen LogP contribution in [-0.4, -0.2) is 42.5 Å². The van der Waals surface area contributed by atoms with E-state index in [1.165, 1.54) is 6.26 Å². The summed E-state index contributed by atoms with van der Waals surface area (Å²) in [5, 5.41) is 8.06. The molecule has 7 heteroatoms. The van der Waals surface area contributed by atoms with Crippen LogP contribution in [0.2, 0.25) is 0 Å². The number of piperidine rings is 1. The molecule has 1 aliphatic rings. The molecule has 154 valence electrons. The SMILES string of the molecule is CC(C)C1(C)CCN(c2nnc(C(C)S(C)(=O)=O)n2Cc2ccccc2)CC1. The lowest BCUT2D eigenvalue weighted by Crippen LogP contribution is -2.42. The number of nitrogens with zero attached hydrogens (tertiary/aromatic N) is 4. The van der Waals surface area contributed by atoms with E-state index in [0.29, 0.717) is 23.7 Å². The zero-order valence-electron chi connectivity index (χ0n) is 17.6. The van der Waals surface area contributed by atoms with Gasteiger partial charge in [-0.2, -0.15) is 0 Å². The first-order valence-electron chi connectivity index (χ1n) is 10.0. The minimum absolute atomic E-state index is 0.337. The summed E-state index contributed by atoms with van der Waals surface area (Å²) in [6.07, 6.45) is 3.45. The Morgan fingerprint density at radius 2 is 1.68 bits per heavy atom. The van der Waals surface area contributed by atoms with Gasteiger partial charge in [0.1, 0.15) is 5.25 Å². The number of hydrogen-bond acceptors (Lipinski definition) is 5. The van der Waals surface area contributed by atoms with Crippen LogP contribution in [-0.2, 0) is 16.4 Å². The Balaban J connectivity index is 1.94. The summed E-state index contributed by atoms with van der Waals surface area (Å²) in [7, 11) is -3.26. The highest BCUT2D eigenvalue weighted by atomic mass is 32.2. The van der Waals surface area contributed by atoms with Gasteiger partial charge in [0.05, 0.1) is 6.54 Å². The number of rotatable bonds is 6. The Bertz CT molecular complexity index is 898. The average Bonchev–Trinajstić information content (AvgIpc) is 3.05. The molecule has 1 atom stereocenters. The lowest BCUT2D eigenvalue weighted by atomic mass is 9.72. The van der Waals surface area contributed by atoms with Gasteiger partial charge in [0.25, 0.3) is 0 Å². The molecule has 1 aromatic carbocycles. The molecule has 0 bridgehead atoms. The largest absolute Gasteiger partial charge is 0.341 e. The normalized spacial score (nSPS) is 18.4. The molecule has 0 saturated carbocycles. The maximum Gasteiger partial charge on any atom is 0.227 e. The summed E-state index contributed by atoms with van der Waals surface area (Å²) in [5.74, 6) is 1.93. The molecule has 1 saturated heterocycles. The van der Waals surface area contributed by atoms with Gasteiger partial charge in [-0.1, -0.05) is 51.1 Å². The van der Waals surface area contributed by atoms with Crippen molar-refractivity contribution >= 4 is 15.8 Å². The van der Waals surface area contributed by atoms with Gasteiger partial charge in [-0.15, -0.1) is 10.2 Å². The molecule has 3 rings (SSSR count). The Kier molecular flexibility index (Phi) is 5.84. The number of aromatic nitrogens is 3. The maximum absolute atomic E-state index is 12.2. The zero-order valence-corrected chi connectivity index (χ0v) is 18.4. The monoisotopic (exact) mass is 404 g/mol. The van der Waals surface area contributed by atoms with E-state index in [0.717, 1.165) is 37.4 Å². The molecule has 0 radical (unpaired) electrons. The van der Waals surface area contributed by atoms with Crippen LogP contribution in [0.4, 0.5) is 5.95 Å². The number of benzene rings is 1. The van der Waals surface area contributed by atoms with E-state index in [-0.39, 0.29) is 0 Å². The fourth-order valence-electron chi connectivity index (χ4n) is 3.75. The Labute approximate surface area is 168 Å². The quantitative estimate of drug-likeness (QED) is 0.734. The molecule has 0 N–H and O–H groups in total. The first-order valence-corrected chi connectivity index (χ1v) is 12.0. The standard InChI is InChI=1S/C21H32N4O2S/c1-16(2)21(4)11-13-24(14-12-21)20-23-22-19(17(3)28(5,26)27)25(20)15-18-9-7-6-8-10-18/h6-10,16-17H,11-15H2,1-5H3. The summed E-state index contributed by atoms with van der Waals surface area (Å²) in [4.78, 5) is 2.26. The first-order chi connectivity index (χ1) is 13.1. The number of hydrogen-bond donors (Lipinski definition) is 0. The van der Waals surface area contributed by atoms with E-state index in [4.69, 9.17) is 0 Å². The summed E-state index contributed by atoms with van der Waals surface area (Å²) >= 11 is 0. The molecule has 1 aliphatic heterocycles. The van der Waals surface area contributed by atoms with Gasteiger partial charge < -0.3 is 4.90 Å². The van der Waals surface area contributed by atoms with Crippen LogP contribution in [0.3, 0.4) is 0 Å². The topological polar surface area (TPSA) is 68.1 Å². The lowest BCUT2D eigenvalue weighted by Gasteiger charge is -2.42. The zero-order chi connectivity index (χ0) is 20.5. The molecule has 6 nitrogen and oxygen atoms in total. The predicted octanol–water partition coefficient (Wildman–Crippen LogP) is 3.69. The van der Waals surface area contributed by atoms with Gasteiger partial charge in [-0.25, -0.2) is 8.42 Å². The maximum atomic E-state index is 12.2. The summed E-state index contributed by atoms with van der Waals surface area (Å²) in [6, 6.07) is 10.1. The lowest BCUT2D eigenvalue weighted by molar-refractivity contribution is 0.165. The molecule has 1 unspecified atom stereocenters. The molecule has 0 spiro atoms. The average molecular weight is 405 g/mol. The van der Waals surface area contributed by atoms with Gasteiger partial charge in [0, 0.05) is 19.3 Å². The van der Waals surface area contributed by atoms with Crippen molar-refractivity contribution in [2.75, 3.05) is 24.2 Å². The van der Waals surface area contributed by atoms with E-state index in [2.05, 4.69) is 35.9 Å². The molecule has 0 aliphatic carbocycles. The van der Waals surface area contributed by atoms with Crippen LogP contribution in [0.15, 0.2) is 30.3 Å². The fourth-order valence-corrected chi connectivity index (χ4v) is 4.30. The third-order valence-electron chi connectivity index (χ3n) is 6.53. The van der Waals surface area contributed by atoms with Crippen molar-refractivity contribution < 1.29 is 8.42 Å². The highest BCUT2D eigenvalue weighted by molar-refractivity contribution is 7.90. The molecule has 1 aromatic heterocycles. The van der Waals surface area contributed by atoms with Crippen molar-refractivity contribution in [3.8, 4) is 0 Å². The van der Waals surface area contributed by atoms with Crippen molar-refractivity contribution in [2.24, 2.45) is 11.3 Å². The molecular formula is C21H32N4O2S. The summed E-state index contributed by atoms with van der Waals surface area (Å²) in [6.45, 7) is 11.0. The van der Waals surface area contributed by atoms with Crippen LogP contribution < -0.4 is 4.90 Å². The second kappa shape index (κ2) is 7.85. The first kappa shape index (κ1) is 20.8. The van der Waals surface area contributed by atoms with Gasteiger partial charge in [0.2, 0.25) is 5.95 Å². The second-order valence-corrected chi connectivity index (χ2v) is 11.1. The molecular weight excluding hydrogens is 372 g/mol. The van der Waals surface area contributed by atoms with Gasteiger partial charge in [-0.3, -0.25) is 4.57 Å². The van der Waals surface area contributed by atoms with Crippen LogP contribution in [0.5, 0.6) is 0 Å². The van der Waals surface area contributed by atoms with E-state index in [1.54, 1.807) is 6.92 Å². The van der Waals surface area contributed by atoms with Crippen molar-refractivity contribution in [1.29, 1.82) is 0 Å². The summed E-state index contributed by atoms with van der Waals surface area (Å²) < 4.78 is 26.4. The smallest absolute Gasteiger partial charge is 0.227 e. The number of anilines is 1. The van der Waals surface area contributed by atoms with Crippen molar-refractivity contribution in [3.63, 3.8) is 0 Å². The van der Waals surface area contributed by atoms with Crippen LogP contribution >= 0.6 is 0 Å². The van der Waals surface area contributed by atoms with E-state index < -0.39 is 15.1 Å². The van der Waals surface area contributed by atoms with Crippen molar-refractivity contribution in [3.05, 3.63) is 41.7 Å². The fraction of sp³-hybridized carbons (Fsp3) is 0.619. The molecule has 2 heterocycles. The van der Waals surface area contributed by atoms with Gasteiger partial charge >= 0.3 is 0 Å². The Morgan fingerprint density at radius 3 is 2.21 bits per heavy atom. The van der Waals surface area contributed by atoms with Crippen LogP contribution in [0, 0.1) is 11.3 Å². The predicted molar refractivity (Wildman–Crippen MR) is 113 cm³/mol. The van der Waals surface area contributed by atoms with Crippen LogP contribution in [0.25, 0.3) is 0 Å². The molecule has 0 amide bonds. The second-order valence-electron chi connectivity index (χ2n) is 8.70. The van der Waals surface area contributed by atoms with Crippen molar-refractivity contribution in [2.45, 2.75) is 52.3 Å². The van der Waals surface area contributed by atoms with E-state index >= 15 is 0 Å². The van der Waals surface area contributed by atoms with E-state index in [1.807, 2.05) is 34.9 Å². The third-order valence-corrected chi connectivity index (χ3v) is 8.03. The van der Waals surface area contributed by atoms with Crippen LogP contribution in [0.1, 0.15) is 57.2 Å². The highest BCUT2D eigenvalue weighted by Crippen LogP contribution is 2.39. The number of sulfone groups is 1. The Hall–Kier alpha value is -1.89. The third kappa shape index (κ3) is 4.24. The molecule has 2 aromatic rings. The highest BCUT2D eigenvalue weighted by Gasteiger charge is 2.35. The van der Waals surface area contributed by atoms with E-state index in [9.17, 15) is 8.42 Å².